The van der Waals surface area contributed by atoms with Gasteiger partial charge in [-0.1, -0.05) is 30.3 Å². The number of benzene rings is 1. The van der Waals surface area contributed by atoms with Gasteiger partial charge in [-0.15, -0.1) is 0 Å². The number of furan rings is 1. The molecule has 0 saturated carbocycles. The molecule has 0 bridgehead atoms. The molecule has 6 nitrogen and oxygen atoms in total. The summed E-state index contributed by atoms with van der Waals surface area (Å²) >= 11 is 0. The lowest BCUT2D eigenvalue weighted by Crippen LogP contribution is -2.38. The first-order chi connectivity index (χ1) is 12.5. The van der Waals surface area contributed by atoms with Crippen molar-refractivity contribution in [2.45, 2.75) is 32.4 Å². The monoisotopic (exact) mass is 357 g/mol. The van der Waals surface area contributed by atoms with Crippen molar-refractivity contribution >= 4 is 11.9 Å². The molecule has 26 heavy (non-hydrogen) atoms. The third kappa shape index (κ3) is 3.80. The summed E-state index contributed by atoms with van der Waals surface area (Å²) in [5.41, 5.74) is 1.13. The van der Waals surface area contributed by atoms with E-state index in [1.165, 1.54) is 6.07 Å². The van der Waals surface area contributed by atoms with Crippen LogP contribution in [0.2, 0.25) is 0 Å². The molecular formula is C20H23NO5. The first-order valence-corrected chi connectivity index (χ1v) is 8.71. The molecule has 1 aromatic carbocycles. The molecule has 1 amide bonds. The summed E-state index contributed by atoms with van der Waals surface area (Å²) in [5, 5.41) is 9.13. The maximum Gasteiger partial charge on any atom is 0.339 e. The number of carboxylic acids is 1. The summed E-state index contributed by atoms with van der Waals surface area (Å²) in [7, 11) is 1.71. The van der Waals surface area contributed by atoms with Crippen LogP contribution in [0.15, 0.2) is 40.8 Å². The van der Waals surface area contributed by atoms with Gasteiger partial charge >= 0.3 is 5.97 Å². The molecule has 2 atom stereocenters. The highest BCUT2D eigenvalue weighted by molar-refractivity contribution is 5.88. The standard InChI is InChI=1S/C20H23NO5/c1-13-17(20(23)24)11-15(26-13)12-21(2)19(22)16-9-6-10-25-18(16)14-7-4-3-5-8-14/h3-5,7-8,11,16,18H,6,9-10,12H2,1-2H3,(H,23,24)/t16-,18+/m1/s1. The number of aromatic carboxylic acids is 1. The number of carbonyl (C=O) groups is 2. The number of carboxylic acid groups (broad SMARTS) is 1. The maximum absolute atomic E-state index is 13.0. The fraction of sp³-hybridized carbons (Fsp3) is 0.400. The van der Waals surface area contributed by atoms with E-state index in [9.17, 15) is 9.59 Å². The largest absolute Gasteiger partial charge is 0.478 e. The maximum atomic E-state index is 13.0. The molecule has 2 aromatic rings. The average molecular weight is 357 g/mol. The molecule has 0 spiro atoms. The van der Waals surface area contributed by atoms with Gasteiger partial charge in [0, 0.05) is 13.7 Å². The van der Waals surface area contributed by atoms with Crippen LogP contribution in [0.5, 0.6) is 0 Å². The van der Waals surface area contributed by atoms with E-state index in [4.69, 9.17) is 14.3 Å². The van der Waals surface area contributed by atoms with Crippen LogP contribution in [-0.2, 0) is 16.1 Å². The molecule has 0 radical (unpaired) electrons. The van der Waals surface area contributed by atoms with Gasteiger partial charge in [0.25, 0.3) is 0 Å². The molecule has 1 aliphatic heterocycles. The highest BCUT2D eigenvalue weighted by atomic mass is 16.5. The molecule has 1 aliphatic rings. The van der Waals surface area contributed by atoms with Crippen molar-refractivity contribution in [3.8, 4) is 0 Å². The number of rotatable bonds is 5. The molecule has 6 heteroatoms. The molecule has 1 fully saturated rings. The predicted octanol–water partition coefficient (Wildman–Crippen LogP) is 3.41. The van der Waals surface area contributed by atoms with Crippen molar-refractivity contribution in [2.75, 3.05) is 13.7 Å². The minimum atomic E-state index is -1.03. The van der Waals surface area contributed by atoms with Crippen LogP contribution in [0.1, 0.15) is 46.4 Å². The molecule has 3 rings (SSSR count). The number of ether oxygens (including phenoxy) is 1. The van der Waals surface area contributed by atoms with Gasteiger partial charge in [-0.3, -0.25) is 4.79 Å². The Hall–Kier alpha value is -2.60. The second-order valence-corrected chi connectivity index (χ2v) is 6.63. The zero-order valence-electron chi connectivity index (χ0n) is 15.0. The SMILES string of the molecule is Cc1oc(CN(C)C(=O)[C@@H]2CCCO[C@H]2c2ccccc2)cc1C(=O)O. The van der Waals surface area contributed by atoms with Gasteiger partial charge < -0.3 is 19.2 Å². The van der Waals surface area contributed by atoms with Gasteiger partial charge in [-0.05, 0) is 31.4 Å². The van der Waals surface area contributed by atoms with Crippen molar-refractivity contribution in [1.82, 2.24) is 4.90 Å². The van der Waals surface area contributed by atoms with Crippen molar-refractivity contribution < 1.29 is 23.8 Å². The molecule has 0 aliphatic carbocycles. The number of hydrogen-bond donors (Lipinski definition) is 1. The van der Waals surface area contributed by atoms with Crippen molar-refractivity contribution in [3.63, 3.8) is 0 Å². The van der Waals surface area contributed by atoms with Crippen LogP contribution in [0, 0.1) is 12.8 Å². The molecule has 2 heterocycles. The molecule has 1 saturated heterocycles. The Morgan fingerprint density at radius 2 is 2.00 bits per heavy atom. The molecule has 1 N–H and O–H groups in total. The quantitative estimate of drug-likeness (QED) is 0.887. The van der Waals surface area contributed by atoms with E-state index >= 15 is 0 Å². The Morgan fingerprint density at radius 1 is 1.27 bits per heavy atom. The Kier molecular flexibility index (Phi) is 5.42. The van der Waals surface area contributed by atoms with Crippen LogP contribution >= 0.6 is 0 Å². The highest BCUT2D eigenvalue weighted by Gasteiger charge is 2.35. The number of nitrogens with zero attached hydrogens (tertiary/aromatic N) is 1. The second kappa shape index (κ2) is 7.74. The predicted molar refractivity (Wildman–Crippen MR) is 94.7 cm³/mol. The minimum Gasteiger partial charge on any atom is -0.478 e. The van der Waals surface area contributed by atoms with Gasteiger partial charge in [0.1, 0.15) is 17.1 Å². The summed E-state index contributed by atoms with van der Waals surface area (Å²) in [5.74, 6) is -0.507. The highest BCUT2D eigenvalue weighted by Crippen LogP contribution is 2.35. The number of hydrogen-bond acceptors (Lipinski definition) is 4. The van der Waals surface area contributed by atoms with Gasteiger partial charge in [0.05, 0.1) is 18.6 Å². The van der Waals surface area contributed by atoms with Gasteiger partial charge in [-0.2, -0.15) is 0 Å². The molecule has 1 aromatic heterocycles. The lowest BCUT2D eigenvalue weighted by molar-refractivity contribution is -0.145. The Labute approximate surface area is 152 Å². The second-order valence-electron chi connectivity index (χ2n) is 6.63. The van der Waals surface area contributed by atoms with E-state index in [-0.39, 0.29) is 30.0 Å². The van der Waals surface area contributed by atoms with Gasteiger partial charge in [0.15, 0.2) is 0 Å². The van der Waals surface area contributed by atoms with Crippen LogP contribution in [-0.4, -0.2) is 35.5 Å². The van der Waals surface area contributed by atoms with E-state index < -0.39 is 5.97 Å². The zero-order valence-corrected chi connectivity index (χ0v) is 15.0. The summed E-state index contributed by atoms with van der Waals surface area (Å²) in [6.45, 7) is 2.48. The average Bonchev–Trinajstić information content (AvgIpc) is 3.02. The topological polar surface area (TPSA) is 80.0 Å². The van der Waals surface area contributed by atoms with E-state index in [0.717, 1.165) is 18.4 Å². The Bertz CT molecular complexity index is 783. The first kappa shape index (κ1) is 18.2. The summed E-state index contributed by atoms with van der Waals surface area (Å²) in [6.07, 6.45) is 1.35. The smallest absolute Gasteiger partial charge is 0.339 e. The van der Waals surface area contributed by atoms with Crippen molar-refractivity contribution in [2.24, 2.45) is 5.92 Å². The normalized spacial score (nSPS) is 19.9. The van der Waals surface area contributed by atoms with Crippen molar-refractivity contribution in [1.29, 1.82) is 0 Å². The molecular weight excluding hydrogens is 334 g/mol. The van der Waals surface area contributed by atoms with Crippen LogP contribution < -0.4 is 0 Å². The van der Waals surface area contributed by atoms with E-state index in [1.807, 2.05) is 30.3 Å². The fourth-order valence-corrected chi connectivity index (χ4v) is 3.43. The fourth-order valence-electron chi connectivity index (χ4n) is 3.43. The summed E-state index contributed by atoms with van der Waals surface area (Å²) in [4.78, 5) is 25.7. The lowest BCUT2D eigenvalue weighted by atomic mass is 9.88. The third-order valence-electron chi connectivity index (χ3n) is 4.74. The lowest BCUT2D eigenvalue weighted by Gasteiger charge is -2.33. The molecule has 0 unspecified atom stereocenters. The van der Waals surface area contributed by atoms with E-state index in [0.29, 0.717) is 18.1 Å². The van der Waals surface area contributed by atoms with E-state index in [2.05, 4.69) is 0 Å². The summed E-state index contributed by atoms with van der Waals surface area (Å²) < 4.78 is 11.4. The zero-order chi connectivity index (χ0) is 18.7. The van der Waals surface area contributed by atoms with E-state index in [1.54, 1.807) is 18.9 Å². The van der Waals surface area contributed by atoms with Crippen LogP contribution in [0.4, 0.5) is 0 Å². The van der Waals surface area contributed by atoms with Crippen LogP contribution in [0.3, 0.4) is 0 Å². The number of aryl methyl sites for hydroxylation is 1. The first-order valence-electron chi connectivity index (χ1n) is 8.71. The number of amides is 1. The number of carbonyl (C=O) groups excluding carboxylic acids is 1. The van der Waals surface area contributed by atoms with Gasteiger partial charge in [0.2, 0.25) is 5.91 Å². The van der Waals surface area contributed by atoms with Crippen molar-refractivity contribution in [3.05, 3.63) is 59.0 Å². The Balaban J connectivity index is 1.74. The minimum absolute atomic E-state index is 0.0236. The summed E-state index contributed by atoms with van der Waals surface area (Å²) in [6, 6.07) is 11.3. The third-order valence-corrected chi connectivity index (χ3v) is 4.74. The van der Waals surface area contributed by atoms with Crippen LogP contribution in [0.25, 0.3) is 0 Å². The van der Waals surface area contributed by atoms with Gasteiger partial charge in [-0.25, -0.2) is 4.79 Å². The Morgan fingerprint density at radius 3 is 2.65 bits per heavy atom. The molecule has 138 valence electrons.